The fraction of sp³-hybridized carbons (Fsp3) is 0.444. The number of ether oxygens (including phenoxy) is 2. The van der Waals surface area contributed by atoms with Crippen molar-refractivity contribution in [2.75, 3.05) is 18.1 Å². The number of rotatable bonds is 7. The molecule has 200 valence electrons. The lowest BCUT2D eigenvalue weighted by Gasteiger charge is -2.70. The Labute approximate surface area is 222 Å². The highest BCUT2D eigenvalue weighted by Crippen LogP contribution is 2.60. The number of carbonyl (C=O) groups is 3. The summed E-state index contributed by atoms with van der Waals surface area (Å²) in [6.07, 6.45) is -0.195. The number of hydrogen-bond acceptors (Lipinski definition) is 5. The topological polar surface area (TPSA) is 97.0 Å². The molecule has 1 aliphatic heterocycles. The fourth-order valence-corrected chi connectivity index (χ4v) is 5.92. The van der Waals surface area contributed by atoms with Crippen molar-refractivity contribution in [3.63, 3.8) is 0 Å². The van der Waals surface area contributed by atoms with Crippen LogP contribution in [0.1, 0.15) is 31.2 Å². The minimum Gasteiger partial charge on any atom is -0.484 e. The third-order valence-corrected chi connectivity index (χ3v) is 8.00. The maximum atomic E-state index is 13.6. The molecule has 38 heavy (non-hydrogen) atoms. The second-order valence-corrected chi connectivity index (χ2v) is 11.3. The van der Waals surface area contributed by atoms with Gasteiger partial charge in [0.2, 0.25) is 5.91 Å². The predicted octanol–water partition coefficient (Wildman–Crippen LogP) is 3.23. The van der Waals surface area contributed by atoms with E-state index in [1.54, 1.807) is 12.1 Å². The first kappa shape index (κ1) is 24.9. The van der Waals surface area contributed by atoms with Crippen LogP contribution in [0.5, 0.6) is 11.5 Å². The minimum atomic E-state index is -1.14. The number of amides is 3. The number of aryl methyl sites for hydroxylation is 1. The Hall–Kier alpha value is -3.40. The molecule has 4 saturated carbocycles. The van der Waals surface area contributed by atoms with Crippen molar-refractivity contribution in [2.45, 2.75) is 56.0 Å². The Bertz CT molecular complexity index is 1330. The Morgan fingerprint density at radius 1 is 1.13 bits per heavy atom. The van der Waals surface area contributed by atoms with Gasteiger partial charge in [0.25, 0.3) is 11.8 Å². The average Bonchev–Trinajstić information content (AvgIpc) is 3.57. The van der Waals surface area contributed by atoms with Gasteiger partial charge in [-0.2, -0.15) is 0 Å². The Kier molecular flexibility index (Phi) is 5.79. The van der Waals surface area contributed by atoms with E-state index in [2.05, 4.69) is 10.6 Å². The van der Waals surface area contributed by atoms with Crippen LogP contribution in [0.15, 0.2) is 36.4 Å². The molecule has 8 nitrogen and oxygen atoms in total. The second-order valence-electron chi connectivity index (χ2n) is 10.9. The van der Waals surface area contributed by atoms with E-state index in [-0.39, 0.29) is 48.1 Å². The van der Waals surface area contributed by atoms with Crippen molar-refractivity contribution in [2.24, 2.45) is 5.92 Å². The van der Waals surface area contributed by atoms with Gasteiger partial charge in [-0.15, -0.1) is 0 Å². The summed E-state index contributed by atoms with van der Waals surface area (Å²) in [6, 6.07) is 9.30. The molecule has 2 aromatic rings. The highest BCUT2D eigenvalue weighted by molar-refractivity contribution is 6.30. The number of anilines is 1. The quantitative estimate of drug-likeness (QED) is 0.557. The Balaban J connectivity index is 1.03. The molecular weight excluding hydrogens is 520 g/mol. The molecule has 11 heteroatoms. The van der Waals surface area contributed by atoms with Crippen molar-refractivity contribution in [3.8, 4) is 11.5 Å². The SMILES string of the molecule is Cc1ccc2c(c1)N(C(=O)[C@H]1C[C@H]1F)C[C@H](C(=O)NC13CC(NC(=O)COc4ccc(Cl)c(F)c4)(C1)C3)O2. The molecule has 0 aromatic heterocycles. The summed E-state index contributed by atoms with van der Waals surface area (Å²) in [5, 5.41) is 5.95. The van der Waals surface area contributed by atoms with Crippen LogP contribution < -0.4 is 25.0 Å². The zero-order valence-corrected chi connectivity index (χ0v) is 21.3. The van der Waals surface area contributed by atoms with Crippen LogP contribution >= 0.6 is 11.6 Å². The van der Waals surface area contributed by atoms with E-state index in [1.165, 1.54) is 17.0 Å². The molecule has 0 unspecified atom stereocenters. The van der Waals surface area contributed by atoms with Gasteiger partial charge in [-0.3, -0.25) is 14.4 Å². The second kappa shape index (κ2) is 8.83. The number of nitrogens with one attached hydrogen (secondary N) is 2. The standard InChI is InChI=1S/C27H26ClF2N3O5/c1-14-2-5-21-20(6-14)33(25(36)16-8-18(16)29)9-22(38-21)24(35)32-27-11-26(12-27,13-27)31-23(34)10-37-15-3-4-17(28)19(30)7-15/h2-7,16,18,22H,8-13H2,1H3,(H,31,34)(H,32,35)/t16-,18+,22+,26?,27?/m0/s1. The van der Waals surface area contributed by atoms with Crippen molar-refractivity contribution in [3.05, 3.63) is 52.8 Å². The summed E-state index contributed by atoms with van der Waals surface area (Å²) < 4.78 is 38.5. The summed E-state index contributed by atoms with van der Waals surface area (Å²) in [4.78, 5) is 39.9. The molecular formula is C27H26ClF2N3O5. The number of fused-ring (bicyclic) bond motifs is 1. The van der Waals surface area contributed by atoms with Crippen molar-refractivity contribution in [1.29, 1.82) is 0 Å². The van der Waals surface area contributed by atoms with Crippen molar-refractivity contribution in [1.82, 2.24) is 10.6 Å². The van der Waals surface area contributed by atoms with Crippen LogP contribution in [0.2, 0.25) is 5.02 Å². The lowest BCUT2D eigenvalue weighted by Crippen LogP contribution is -2.84. The Morgan fingerprint density at radius 2 is 1.84 bits per heavy atom. The molecule has 2 bridgehead atoms. The minimum absolute atomic E-state index is 0.00489. The van der Waals surface area contributed by atoms with Crippen LogP contribution in [-0.4, -0.2) is 54.2 Å². The lowest BCUT2D eigenvalue weighted by atomic mass is 9.44. The number of hydrogen-bond donors (Lipinski definition) is 2. The number of benzene rings is 2. The lowest BCUT2D eigenvalue weighted by molar-refractivity contribution is -0.153. The zero-order chi connectivity index (χ0) is 26.8. The van der Waals surface area contributed by atoms with Crippen LogP contribution in [-0.2, 0) is 14.4 Å². The number of alkyl halides is 1. The van der Waals surface area contributed by atoms with E-state index in [9.17, 15) is 23.2 Å². The van der Waals surface area contributed by atoms with Gasteiger partial charge in [0, 0.05) is 17.1 Å². The Morgan fingerprint density at radius 3 is 2.53 bits per heavy atom. The normalized spacial score (nSPS) is 30.1. The monoisotopic (exact) mass is 545 g/mol. The van der Waals surface area contributed by atoms with Crippen molar-refractivity contribution < 1.29 is 32.6 Å². The fourth-order valence-electron chi connectivity index (χ4n) is 5.80. The molecule has 4 aliphatic carbocycles. The summed E-state index contributed by atoms with van der Waals surface area (Å²) in [5.41, 5.74) is 0.610. The first-order valence-corrected chi connectivity index (χ1v) is 12.9. The van der Waals surface area contributed by atoms with Crippen molar-refractivity contribution >= 4 is 35.0 Å². The summed E-state index contributed by atoms with van der Waals surface area (Å²) >= 11 is 5.65. The molecule has 4 fully saturated rings. The van der Waals surface area contributed by atoms with Gasteiger partial charge in [-0.1, -0.05) is 17.7 Å². The number of halogens is 3. The van der Waals surface area contributed by atoms with Crippen LogP contribution in [0.4, 0.5) is 14.5 Å². The molecule has 1 heterocycles. The number of carbonyl (C=O) groups excluding carboxylic acids is 3. The maximum absolute atomic E-state index is 13.6. The van der Waals surface area contributed by atoms with Crippen LogP contribution in [0.3, 0.4) is 0 Å². The van der Waals surface area contributed by atoms with E-state index < -0.39 is 35.1 Å². The highest BCUT2D eigenvalue weighted by Gasteiger charge is 2.69. The summed E-state index contributed by atoms with van der Waals surface area (Å²) in [6.45, 7) is 1.62. The van der Waals surface area contributed by atoms with Gasteiger partial charge in [0.1, 0.15) is 23.5 Å². The molecule has 0 saturated heterocycles. The van der Waals surface area contributed by atoms with Crippen LogP contribution in [0, 0.1) is 18.7 Å². The molecule has 7 rings (SSSR count). The predicted molar refractivity (Wildman–Crippen MR) is 133 cm³/mol. The number of nitrogens with zero attached hydrogens (tertiary/aromatic N) is 1. The molecule has 3 amide bonds. The molecule has 3 atom stereocenters. The largest absolute Gasteiger partial charge is 0.484 e. The van der Waals surface area contributed by atoms with Crippen LogP contribution in [0.25, 0.3) is 0 Å². The van der Waals surface area contributed by atoms with Gasteiger partial charge >= 0.3 is 0 Å². The van der Waals surface area contributed by atoms with E-state index in [0.29, 0.717) is 30.7 Å². The van der Waals surface area contributed by atoms with E-state index in [4.69, 9.17) is 21.1 Å². The highest BCUT2D eigenvalue weighted by atomic mass is 35.5. The zero-order valence-electron chi connectivity index (χ0n) is 20.6. The molecule has 0 radical (unpaired) electrons. The van der Waals surface area contributed by atoms with E-state index in [1.807, 2.05) is 13.0 Å². The van der Waals surface area contributed by atoms with Gasteiger partial charge in [0.05, 0.1) is 23.2 Å². The smallest absolute Gasteiger partial charge is 0.263 e. The summed E-state index contributed by atoms with van der Waals surface area (Å²) in [5.74, 6) is -1.72. The molecule has 0 spiro atoms. The first-order chi connectivity index (χ1) is 18.1. The molecule has 2 aromatic carbocycles. The molecule has 2 N–H and O–H groups in total. The maximum Gasteiger partial charge on any atom is 0.263 e. The van der Waals surface area contributed by atoms with E-state index >= 15 is 0 Å². The average molecular weight is 546 g/mol. The molecule has 5 aliphatic rings. The third-order valence-electron chi connectivity index (χ3n) is 7.70. The third kappa shape index (κ3) is 4.44. The van der Waals surface area contributed by atoms with Gasteiger partial charge in [-0.05, 0) is 62.4 Å². The van der Waals surface area contributed by atoms with Gasteiger partial charge < -0.3 is 25.0 Å². The van der Waals surface area contributed by atoms with E-state index in [0.717, 1.165) is 11.6 Å². The van der Waals surface area contributed by atoms with Gasteiger partial charge in [0.15, 0.2) is 12.7 Å². The summed E-state index contributed by atoms with van der Waals surface area (Å²) in [7, 11) is 0. The first-order valence-electron chi connectivity index (χ1n) is 12.5. The van der Waals surface area contributed by atoms with Gasteiger partial charge in [-0.25, -0.2) is 8.78 Å².